The number of hydrogen-bond donors (Lipinski definition) is 1. The fourth-order valence-corrected chi connectivity index (χ4v) is 2.83. The Morgan fingerprint density at radius 2 is 2.26 bits per heavy atom. The smallest absolute Gasteiger partial charge is 0.411 e. The standard InChI is InChI=1S/C15H24BrN3O4/c1-15(2,3)23-14(21)18-8-11-7-13(16)17-19(11)9-12(18)10-22-6-4-5-20/h7,12,20H,4-6,8-10H2,1-3H3/t12-/m0/s1. The highest BCUT2D eigenvalue weighted by Gasteiger charge is 2.33. The summed E-state index contributed by atoms with van der Waals surface area (Å²) in [7, 11) is 0. The van der Waals surface area contributed by atoms with Crippen LogP contribution >= 0.6 is 15.9 Å². The molecule has 0 saturated carbocycles. The molecule has 0 radical (unpaired) electrons. The van der Waals surface area contributed by atoms with Gasteiger partial charge in [-0.05, 0) is 49.2 Å². The van der Waals surface area contributed by atoms with Crippen molar-refractivity contribution in [1.29, 1.82) is 0 Å². The number of carbonyl (C=O) groups is 1. The molecule has 0 unspecified atom stereocenters. The van der Waals surface area contributed by atoms with E-state index < -0.39 is 5.60 Å². The van der Waals surface area contributed by atoms with E-state index in [1.807, 2.05) is 31.5 Å². The fourth-order valence-electron chi connectivity index (χ4n) is 2.37. The van der Waals surface area contributed by atoms with Gasteiger partial charge in [0.25, 0.3) is 0 Å². The lowest BCUT2D eigenvalue weighted by Gasteiger charge is -2.36. The molecular weight excluding hydrogens is 366 g/mol. The van der Waals surface area contributed by atoms with Gasteiger partial charge in [0.1, 0.15) is 10.2 Å². The second-order valence-electron chi connectivity index (χ2n) is 6.55. The highest BCUT2D eigenvalue weighted by Crippen LogP contribution is 2.23. The molecule has 7 nitrogen and oxygen atoms in total. The van der Waals surface area contributed by atoms with Gasteiger partial charge >= 0.3 is 6.09 Å². The predicted molar refractivity (Wildman–Crippen MR) is 88.0 cm³/mol. The SMILES string of the molecule is CC(C)(C)OC(=O)N1Cc2cc(Br)nn2C[C@H]1COCCCO. The average Bonchev–Trinajstić information content (AvgIpc) is 2.79. The van der Waals surface area contributed by atoms with Crippen LogP contribution in [0, 0.1) is 0 Å². The first-order chi connectivity index (χ1) is 10.8. The zero-order chi connectivity index (χ0) is 17.0. The van der Waals surface area contributed by atoms with Gasteiger partial charge in [0.15, 0.2) is 0 Å². The molecule has 1 atom stereocenters. The van der Waals surface area contributed by atoms with Crippen LogP contribution in [0.15, 0.2) is 10.7 Å². The molecule has 1 aromatic heterocycles. The summed E-state index contributed by atoms with van der Waals surface area (Å²) in [6.45, 7) is 7.48. The molecule has 0 aliphatic carbocycles. The quantitative estimate of drug-likeness (QED) is 0.780. The Labute approximate surface area is 144 Å². The normalized spacial score (nSPS) is 18.0. The average molecular weight is 390 g/mol. The van der Waals surface area contributed by atoms with E-state index in [1.54, 1.807) is 4.90 Å². The van der Waals surface area contributed by atoms with E-state index >= 15 is 0 Å². The first-order valence-electron chi connectivity index (χ1n) is 7.70. The number of aromatic nitrogens is 2. The van der Waals surface area contributed by atoms with E-state index in [0.717, 1.165) is 10.3 Å². The van der Waals surface area contributed by atoms with Crippen LogP contribution in [0.5, 0.6) is 0 Å². The number of aliphatic hydroxyl groups is 1. The van der Waals surface area contributed by atoms with Gasteiger partial charge in [0.05, 0.1) is 31.4 Å². The molecule has 0 spiro atoms. The lowest BCUT2D eigenvalue weighted by atomic mass is 10.2. The van der Waals surface area contributed by atoms with Crippen molar-refractivity contribution in [3.63, 3.8) is 0 Å². The minimum Gasteiger partial charge on any atom is -0.444 e. The number of rotatable bonds is 5. The summed E-state index contributed by atoms with van der Waals surface area (Å²) in [5.41, 5.74) is 0.409. The summed E-state index contributed by atoms with van der Waals surface area (Å²) in [5.74, 6) is 0. The Balaban J connectivity index is 2.09. The van der Waals surface area contributed by atoms with Crippen molar-refractivity contribution in [3.05, 3.63) is 16.4 Å². The maximum atomic E-state index is 12.5. The number of aliphatic hydroxyl groups excluding tert-OH is 1. The van der Waals surface area contributed by atoms with Crippen LogP contribution in [0.2, 0.25) is 0 Å². The summed E-state index contributed by atoms with van der Waals surface area (Å²) >= 11 is 3.37. The number of amides is 1. The number of halogens is 1. The Hall–Kier alpha value is -1.12. The molecular formula is C15H24BrN3O4. The van der Waals surface area contributed by atoms with Gasteiger partial charge < -0.3 is 14.6 Å². The van der Waals surface area contributed by atoms with Gasteiger partial charge in [-0.3, -0.25) is 9.58 Å². The topological polar surface area (TPSA) is 76.8 Å². The van der Waals surface area contributed by atoms with E-state index in [2.05, 4.69) is 21.0 Å². The van der Waals surface area contributed by atoms with Gasteiger partial charge in [-0.25, -0.2) is 4.79 Å². The molecule has 0 bridgehead atoms. The monoisotopic (exact) mass is 389 g/mol. The fraction of sp³-hybridized carbons (Fsp3) is 0.733. The third kappa shape index (κ3) is 5.19. The van der Waals surface area contributed by atoms with Gasteiger partial charge in [0, 0.05) is 13.2 Å². The van der Waals surface area contributed by atoms with Crippen LogP contribution in [0.25, 0.3) is 0 Å². The summed E-state index contributed by atoms with van der Waals surface area (Å²) < 4.78 is 13.7. The highest BCUT2D eigenvalue weighted by atomic mass is 79.9. The highest BCUT2D eigenvalue weighted by molar-refractivity contribution is 9.10. The Bertz CT molecular complexity index is 541. The molecule has 1 amide bonds. The molecule has 8 heteroatoms. The minimum atomic E-state index is -0.544. The number of hydrogen-bond acceptors (Lipinski definition) is 5. The second kappa shape index (κ2) is 7.63. The molecule has 23 heavy (non-hydrogen) atoms. The first kappa shape index (κ1) is 18.2. The lowest BCUT2D eigenvalue weighted by Crippen LogP contribution is -2.50. The molecule has 0 saturated heterocycles. The Morgan fingerprint density at radius 1 is 1.52 bits per heavy atom. The van der Waals surface area contributed by atoms with Crippen LogP contribution in [-0.4, -0.2) is 57.3 Å². The van der Waals surface area contributed by atoms with Crippen LogP contribution in [0.3, 0.4) is 0 Å². The van der Waals surface area contributed by atoms with Crippen LogP contribution in [-0.2, 0) is 22.6 Å². The van der Waals surface area contributed by atoms with E-state index in [0.29, 0.717) is 32.7 Å². The molecule has 0 aromatic carbocycles. The Kier molecular flexibility index (Phi) is 6.05. The molecule has 2 rings (SSSR count). The molecule has 2 heterocycles. The molecule has 130 valence electrons. The Morgan fingerprint density at radius 3 is 2.91 bits per heavy atom. The molecule has 1 aliphatic rings. The van der Waals surface area contributed by atoms with E-state index in [9.17, 15) is 4.79 Å². The van der Waals surface area contributed by atoms with Crippen molar-refractivity contribution in [2.75, 3.05) is 19.8 Å². The second-order valence-corrected chi connectivity index (χ2v) is 7.37. The number of carbonyl (C=O) groups excluding carboxylic acids is 1. The van der Waals surface area contributed by atoms with Crippen molar-refractivity contribution >= 4 is 22.0 Å². The van der Waals surface area contributed by atoms with Gasteiger partial charge in [0.2, 0.25) is 0 Å². The van der Waals surface area contributed by atoms with E-state index in [1.165, 1.54) is 0 Å². The molecule has 1 N–H and O–H groups in total. The van der Waals surface area contributed by atoms with Gasteiger partial charge in [-0.1, -0.05) is 0 Å². The minimum absolute atomic E-state index is 0.0939. The van der Waals surface area contributed by atoms with Crippen molar-refractivity contribution < 1.29 is 19.4 Å². The third-order valence-corrected chi connectivity index (χ3v) is 3.76. The largest absolute Gasteiger partial charge is 0.444 e. The number of nitrogens with zero attached hydrogens (tertiary/aromatic N) is 3. The van der Waals surface area contributed by atoms with Gasteiger partial charge in [-0.15, -0.1) is 0 Å². The van der Waals surface area contributed by atoms with Crippen LogP contribution < -0.4 is 0 Å². The maximum Gasteiger partial charge on any atom is 0.411 e. The van der Waals surface area contributed by atoms with E-state index in [4.69, 9.17) is 14.6 Å². The predicted octanol–water partition coefficient (Wildman–Crippen LogP) is 2.16. The van der Waals surface area contributed by atoms with Crippen LogP contribution in [0.4, 0.5) is 4.79 Å². The first-order valence-corrected chi connectivity index (χ1v) is 8.50. The van der Waals surface area contributed by atoms with Crippen molar-refractivity contribution in [2.24, 2.45) is 0 Å². The summed E-state index contributed by atoms with van der Waals surface area (Å²) in [5, 5.41) is 13.2. The lowest BCUT2D eigenvalue weighted by molar-refractivity contribution is -0.0130. The zero-order valence-electron chi connectivity index (χ0n) is 13.8. The summed E-state index contributed by atoms with van der Waals surface area (Å²) in [4.78, 5) is 14.2. The van der Waals surface area contributed by atoms with Crippen LogP contribution in [0.1, 0.15) is 32.9 Å². The number of fused-ring (bicyclic) bond motifs is 1. The van der Waals surface area contributed by atoms with Crippen molar-refractivity contribution in [2.45, 2.75) is 51.9 Å². The van der Waals surface area contributed by atoms with Gasteiger partial charge in [-0.2, -0.15) is 5.10 Å². The molecule has 1 aromatic rings. The molecule has 1 aliphatic heterocycles. The van der Waals surface area contributed by atoms with Crippen molar-refractivity contribution in [1.82, 2.24) is 14.7 Å². The number of ether oxygens (including phenoxy) is 2. The van der Waals surface area contributed by atoms with Crippen molar-refractivity contribution in [3.8, 4) is 0 Å². The summed E-state index contributed by atoms with van der Waals surface area (Å²) in [6, 6.07) is 1.75. The summed E-state index contributed by atoms with van der Waals surface area (Å²) in [6.07, 6.45) is 0.231. The third-order valence-electron chi connectivity index (χ3n) is 3.38. The van der Waals surface area contributed by atoms with E-state index in [-0.39, 0.29) is 18.7 Å². The zero-order valence-corrected chi connectivity index (χ0v) is 15.4. The molecule has 0 fully saturated rings. The maximum absolute atomic E-state index is 12.5.